The van der Waals surface area contributed by atoms with Gasteiger partial charge in [0.25, 0.3) is 0 Å². The molecule has 4 nitrogen and oxygen atoms in total. The highest BCUT2D eigenvalue weighted by atomic mass is 16.6. The van der Waals surface area contributed by atoms with E-state index in [-0.39, 0.29) is 24.3 Å². The predicted molar refractivity (Wildman–Crippen MR) is 83.0 cm³/mol. The fourth-order valence-electron chi connectivity index (χ4n) is 3.34. The number of Topliss-reactive ketones (excluding diaryl/α,β-unsaturated/α-hetero) is 1. The van der Waals surface area contributed by atoms with Gasteiger partial charge < -0.3 is 4.74 Å². The number of carbonyl (C=O) groups excluding carboxylic acids is 2. The molecule has 22 heavy (non-hydrogen) atoms. The van der Waals surface area contributed by atoms with E-state index in [0.29, 0.717) is 12.1 Å². The van der Waals surface area contributed by atoms with Crippen molar-refractivity contribution < 1.29 is 14.3 Å². The number of amides is 1. The quantitative estimate of drug-likeness (QED) is 0.837. The van der Waals surface area contributed by atoms with Crippen LogP contribution in [0.2, 0.25) is 0 Å². The van der Waals surface area contributed by atoms with Crippen molar-refractivity contribution in [3.05, 3.63) is 47.2 Å². The maximum Gasteiger partial charge on any atom is 0.414 e. The summed E-state index contributed by atoms with van der Waals surface area (Å²) in [4.78, 5) is 26.3. The third-order valence-electron chi connectivity index (χ3n) is 4.57. The molecule has 0 aromatic heterocycles. The van der Waals surface area contributed by atoms with Crippen molar-refractivity contribution in [2.24, 2.45) is 5.92 Å². The highest BCUT2D eigenvalue weighted by Crippen LogP contribution is 2.39. The molecule has 0 radical (unpaired) electrons. The predicted octanol–water partition coefficient (Wildman–Crippen LogP) is 3.67. The van der Waals surface area contributed by atoms with Crippen molar-refractivity contribution in [1.82, 2.24) is 4.90 Å². The number of ketones is 1. The molecule has 2 aliphatic rings. The number of carbonyl (C=O) groups is 2. The van der Waals surface area contributed by atoms with Crippen molar-refractivity contribution in [2.75, 3.05) is 0 Å². The average Bonchev–Trinajstić information content (AvgIpc) is 2.80. The van der Waals surface area contributed by atoms with Crippen LogP contribution in [0.1, 0.15) is 38.7 Å². The SMILES string of the molecule is C[C@@H]1CC(=O)C2=C1CC[C@@H](C)N2C(=O)OCc1ccccc1. The van der Waals surface area contributed by atoms with E-state index in [1.807, 2.05) is 37.3 Å². The molecule has 0 N–H and O–H groups in total. The maximum atomic E-state index is 12.5. The van der Waals surface area contributed by atoms with Gasteiger partial charge >= 0.3 is 6.09 Å². The van der Waals surface area contributed by atoms with Crippen LogP contribution in [0, 0.1) is 5.92 Å². The Morgan fingerprint density at radius 3 is 2.73 bits per heavy atom. The van der Waals surface area contributed by atoms with Crippen molar-refractivity contribution in [1.29, 1.82) is 0 Å². The molecular formula is C18H21NO3. The Labute approximate surface area is 130 Å². The molecule has 3 rings (SSSR count). The lowest BCUT2D eigenvalue weighted by Gasteiger charge is -2.34. The van der Waals surface area contributed by atoms with Gasteiger partial charge in [-0.1, -0.05) is 37.3 Å². The van der Waals surface area contributed by atoms with Crippen LogP contribution in [0.25, 0.3) is 0 Å². The lowest BCUT2D eigenvalue weighted by atomic mass is 9.94. The van der Waals surface area contributed by atoms with Crippen LogP contribution in [0.3, 0.4) is 0 Å². The Bertz CT molecular complexity index is 620. The van der Waals surface area contributed by atoms with Crippen LogP contribution in [-0.2, 0) is 16.1 Å². The zero-order chi connectivity index (χ0) is 15.7. The molecule has 0 spiro atoms. The summed E-state index contributed by atoms with van der Waals surface area (Å²) in [6.45, 7) is 4.27. The molecule has 1 aliphatic heterocycles. The number of benzene rings is 1. The second-order valence-corrected chi connectivity index (χ2v) is 6.20. The van der Waals surface area contributed by atoms with E-state index in [1.165, 1.54) is 0 Å². The van der Waals surface area contributed by atoms with Gasteiger partial charge in [-0.15, -0.1) is 0 Å². The molecule has 1 aromatic rings. The van der Waals surface area contributed by atoms with E-state index < -0.39 is 6.09 Å². The van der Waals surface area contributed by atoms with Crippen molar-refractivity contribution in [3.8, 4) is 0 Å². The minimum Gasteiger partial charge on any atom is -0.444 e. The fraction of sp³-hybridized carbons (Fsp3) is 0.444. The highest BCUT2D eigenvalue weighted by molar-refractivity contribution is 6.01. The summed E-state index contributed by atoms with van der Waals surface area (Å²) in [5, 5.41) is 0. The molecular weight excluding hydrogens is 278 g/mol. The molecule has 2 atom stereocenters. The smallest absolute Gasteiger partial charge is 0.414 e. The summed E-state index contributed by atoms with van der Waals surface area (Å²) in [5.41, 5.74) is 2.67. The monoisotopic (exact) mass is 299 g/mol. The topological polar surface area (TPSA) is 46.6 Å². The minimum absolute atomic E-state index is 0.0104. The van der Waals surface area contributed by atoms with Crippen LogP contribution in [0.15, 0.2) is 41.6 Å². The molecule has 116 valence electrons. The van der Waals surface area contributed by atoms with Gasteiger partial charge in [-0.3, -0.25) is 9.69 Å². The molecule has 1 heterocycles. The molecule has 0 saturated heterocycles. The first-order chi connectivity index (χ1) is 10.6. The summed E-state index contributed by atoms with van der Waals surface area (Å²) in [6.07, 6.45) is 1.90. The summed E-state index contributed by atoms with van der Waals surface area (Å²) in [5.74, 6) is 0.324. The Morgan fingerprint density at radius 1 is 1.27 bits per heavy atom. The molecule has 0 unspecified atom stereocenters. The standard InChI is InChI=1S/C18H21NO3/c1-12-10-16(20)17-15(12)9-8-13(2)19(17)18(21)22-11-14-6-4-3-5-7-14/h3-7,12-13H,8-11H2,1-2H3/t12-,13-/m1/s1. The van der Waals surface area contributed by atoms with Gasteiger partial charge in [0.15, 0.2) is 5.78 Å². The molecule has 0 fully saturated rings. The molecule has 1 aromatic carbocycles. The second kappa shape index (κ2) is 5.95. The van der Waals surface area contributed by atoms with Crippen LogP contribution < -0.4 is 0 Å². The van der Waals surface area contributed by atoms with Crippen LogP contribution in [0.4, 0.5) is 4.79 Å². The van der Waals surface area contributed by atoms with Gasteiger partial charge in [0, 0.05) is 12.5 Å². The van der Waals surface area contributed by atoms with Crippen molar-refractivity contribution in [3.63, 3.8) is 0 Å². The van der Waals surface area contributed by atoms with Gasteiger partial charge in [0.05, 0.1) is 5.70 Å². The number of nitrogens with zero attached hydrogens (tertiary/aromatic N) is 1. The normalized spacial score (nSPS) is 24.5. The zero-order valence-corrected chi connectivity index (χ0v) is 13.0. The number of ether oxygens (including phenoxy) is 1. The molecule has 1 amide bonds. The van der Waals surface area contributed by atoms with Crippen LogP contribution >= 0.6 is 0 Å². The fourth-order valence-corrected chi connectivity index (χ4v) is 3.34. The number of hydrogen-bond donors (Lipinski definition) is 0. The Balaban J connectivity index is 1.77. The lowest BCUT2D eigenvalue weighted by molar-refractivity contribution is -0.116. The van der Waals surface area contributed by atoms with Crippen LogP contribution in [0.5, 0.6) is 0 Å². The van der Waals surface area contributed by atoms with E-state index in [2.05, 4.69) is 6.92 Å². The minimum atomic E-state index is -0.411. The van der Waals surface area contributed by atoms with E-state index in [0.717, 1.165) is 24.0 Å². The van der Waals surface area contributed by atoms with Gasteiger partial charge in [0.1, 0.15) is 6.61 Å². The first-order valence-corrected chi connectivity index (χ1v) is 7.84. The van der Waals surface area contributed by atoms with Crippen molar-refractivity contribution >= 4 is 11.9 Å². The van der Waals surface area contributed by atoms with Gasteiger partial charge in [-0.2, -0.15) is 0 Å². The van der Waals surface area contributed by atoms with E-state index in [9.17, 15) is 9.59 Å². The second-order valence-electron chi connectivity index (χ2n) is 6.20. The average molecular weight is 299 g/mol. The summed E-state index contributed by atoms with van der Waals surface area (Å²) in [7, 11) is 0. The first kappa shape index (κ1) is 14.8. The third-order valence-corrected chi connectivity index (χ3v) is 4.57. The summed E-state index contributed by atoms with van der Waals surface area (Å²) < 4.78 is 5.43. The Morgan fingerprint density at radius 2 is 2.00 bits per heavy atom. The summed E-state index contributed by atoms with van der Waals surface area (Å²) in [6, 6.07) is 9.59. The number of allylic oxidation sites excluding steroid dienone is 2. The van der Waals surface area contributed by atoms with Crippen LogP contribution in [-0.4, -0.2) is 22.8 Å². The molecule has 0 saturated carbocycles. The van der Waals surface area contributed by atoms with E-state index >= 15 is 0 Å². The molecule has 4 heteroatoms. The summed E-state index contributed by atoms with van der Waals surface area (Å²) >= 11 is 0. The van der Waals surface area contributed by atoms with Gasteiger partial charge in [-0.25, -0.2) is 4.79 Å². The van der Waals surface area contributed by atoms with Crippen molar-refractivity contribution in [2.45, 2.75) is 45.8 Å². The zero-order valence-electron chi connectivity index (χ0n) is 13.0. The Kier molecular flexibility index (Phi) is 4.01. The maximum absolute atomic E-state index is 12.5. The number of hydrogen-bond acceptors (Lipinski definition) is 3. The number of rotatable bonds is 2. The van der Waals surface area contributed by atoms with Gasteiger partial charge in [0.2, 0.25) is 0 Å². The van der Waals surface area contributed by atoms with Gasteiger partial charge in [-0.05, 0) is 36.8 Å². The molecule has 1 aliphatic carbocycles. The van der Waals surface area contributed by atoms with E-state index in [1.54, 1.807) is 4.90 Å². The third kappa shape index (κ3) is 2.65. The first-order valence-electron chi connectivity index (χ1n) is 7.84. The lowest BCUT2D eigenvalue weighted by Crippen LogP contribution is -2.42. The largest absolute Gasteiger partial charge is 0.444 e. The molecule has 0 bridgehead atoms. The highest BCUT2D eigenvalue weighted by Gasteiger charge is 2.41. The van der Waals surface area contributed by atoms with E-state index in [4.69, 9.17) is 4.74 Å². The Hall–Kier alpha value is -2.10.